The van der Waals surface area contributed by atoms with Gasteiger partial charge in [-0.3, -0.25) is 4.39 Å². The van der Waals surface area contributed by atoms with E-state index in [2.05, 4.69) is 75.2 Å². The van der Waals surface area contributed by atoms with E-state index in [1.165, 1.54) is 54.2 Å². The van der Waals surface area contributed by atoms with Gasteiger partial charge in [-0.25, -0.2) is 4.79 Å². The number of halogens is 1. The van der Waals surface area contributed by atoms with Gasteiger partial charge in [-0.1, -0.05) is 56.7 Å². The summed E-state index contributed by atoms with van der Waals surface area (Å²) in [6.45, 7) is 15.4. The first-order valence-corrected chi connectivity index (χ1v) is 19.9. The van der Waals surface area contributed by atoms with E-state index in [-0.39, 0.29) is 17.7 Å². The number of likely N-dealkylation sites (tertiary alicyclic amines) is 1. The largest absolute Gasteiger partial charge is 0.465 e. The normalized spacial score (nSPS) is 21.6. The number of methoxy groups -OCH3 is 1. The first kappa shape index (κ1) is 33.1. The molecule has 2 aromatic rings. The molecule has 2 aromatic carbocycles. The van der Waals surface area contributed by atoms with Crippen molar-refractivity contribution in [2.24, 2.45) is 17.8 Å². The van der Waals surface area contributed by atoms with Gasteiger partial charge < -0.3 is 14.1 Å². The predicted octanol–water partition coefficient (Wildman–Crippen LogP) is 8.88. The van der Waals surface area contributed by atoms with E-state index in [9.17, 15) is 9.18 Å². The fourth-order valence-electron chi connectivity index (χ4n) is 7.30. The molecule has 0 aromatic heterocycles. The maximum atomic E-state index is 12.5. The van der Waals surface area contributed by atoms with Crippen molar-refractivity contribution in [2.45, 2.75) is 90.3 Å². The number of fused-ring (bicyclic) bond motifs is 1. The summed E-state index contributed by atoms with van der Waals surface area (Å²) in [7, 11) is -0.313. The molecule has 6 heteroatoms. The molecule has 240 valence electrons. The van der Waals surface area contributed by atoms with Crippen molar-refractivity contribution in [3.63, 3.8) is 0 Å². The van der Waals surface area contributed by atoms with Crippen LogP contribution in [0.2, 0.25) is 18.1 Å². The molecule has 1 aliphatic heterocycles. The standard InChI is InChI=1S/C38H54FNO3Si/c1-38(2,3)44(5,6)43-26-28-13-16-32(22-28)34-10-7-9-31-23-33(37(41)42-4)17-18-35(31)36(34)30-14-11-27(12-15-30)21-29-24-40(25-29)20-8-19-39/h11-12,14-15,17-18,23,28-29,32H,7-10,13,16,19-22,24-26H2,1-6H3. The number of carbonyl (C=O) groups excluding carboxylic acids is 1. The van der Waals surface area contributed by atoms with Crippen molar-refractivity contribution in [3.05, 3.63) is 75.9 Å². The third kappa shape index (κ3) is 7.56. The summed E-state index contributed by atoms with van der Waals surface area (Å²) < 4.78 is 24.3. The lowest BCUT2D eigenvalue weighted by Gasteiger charge is -2.39. The molecule has 44 heavy (non-hydrogen) atoms. The number of nitrogens with zero attached hydrogens (tertiary/aromatic N) is 1. The first-order valence-electron chi connectivity index (χ1n) is 16.9. The van der Waals surface area contributed by atoms with Gasteiger partial charge in [-0.15, -0.1) is 0 Å². The third-order valence-corrected chi connectivity index (χ3v) is 15.4. The van der Waals surface area contributed by atoms with E-state index in [1.807, 2.05) is 6.07 Å². The molecule has 1 saturated heterocycles. The van der Waals surface area contributed by atoms with E-state index in [0.29, 0.717) is 29.7 Å². The van der Waals surface area contributed by atoms with Gasteiger partial charge in [0.1, 0.15) is 0 Å². The van der Waals surface area contributed by atoms with Crippen LogP contribution in [0.1, 0.15) is 91.9 Å². The van der Waals surface area contributed by atoms with Crippen LogP contribution in [-0.4, -0.2) is 59.2 Å². The third-order valence-electron chi connectivity index (χ3n) is 10.9. The van der Waals surface area contributed by atoms with Gasteiger partial charge in [0, 0.05) is 26.2 Å². The molecule has 0 radical (unpaired) electrons. The van der Waals surface area contributed by atoms with E-state index in [0.717, 1.165) is 51.9 Å². The van der Waals surface area contributed by atoms with Crippen LogP contribution in [0.4, 0.5) is 4.39 Å². The second kappa shape index (κ2) is 14.0. The zero-order chi connectivity index (χ0) is 31.5. The quantitative estimate of drug-likeness (QED) is 0.186. The summed E-state index contributed by atoms with van der Waals surface area (Å²) in [5.74, 6) is 1.57. The Hall–Kier alpha value is -2.28. The molecule has 3 aliphatic rings. The monoisotopic (exact) mass is 619 g/mol. The van der Waals surface area contributed by atoms with Crippen molar-refractivity contribution in [3.8, 4) is 0 Å². The van der Waals surface area contributed by atoms with Crippen LogP contribution in [0.3, 0.4) is 0 Å². The lowest BCUT2D eigenvalue weighted by Crippen LogP contribution is -2.47. The Morgan fingerprint density at radius 2 is 1.77 bits per heavy atom. The fraction of sp³-hybridized carbons (Fsp3) is 0.605. The Bertz CT molecular complexity index is 1320. The van der Waals surface area contributed by atoms with Crippen molar-refractivity contribution in [2.75, 3.05) is 40.0 Å². The summed E-state index contributed by atoms with van der Waals surface area (Å²) in [5.41, 5.74) is 8.81. The van der Waals surface area contributed by atoms with E-state index in [4.69, 9.17) is 9.16 Å². The summed E-state index contributed by atoms with van der Waals surface area (Å²) in [6.07, 6.45) is 8.53. The van der Waals surface area contributed by atoms with Crippen LogP contribution in [0, 0.1) is 17.8 Å². The van der Waals surface area contributed by atoms with Crippen LogP contribution in [0.15, 0.2) is 48.0 Å². The van der Waals surface area contributed by atoms with Crippen molar-refractivity contribution in [1.29, 1.82) is 0 Å². The van der Waals surface area contributed by atoms with Crippen LogP contribution in [0.25, 0.3) is 5.57 Å². The summed E-state index contributed by atoms with van der Waals surface area (Å²) >= 11 is 0. The molecule has 2 aliphatic carbocycles. The molecule has 1 saturated carbocycles. The summed E-state index contributed by atoms with van der Waals surface area (Å²) in [5, 5.41) is 0.230. The highest BCUT2D eigenvalue weighted by Gasteiger charge is 2.39. The van der Waals surface area contributed by atoms with Gasteiger partial charge in [0.2, 0.25) is 0 Å². The van der Waals surface area contributed by atoms with Gasteiger partial charge in [-0.05, 0) is 127 Å². The number of alkyl halides is 1. The van der Waals surface area contributed by atoms with Gasteiger partial charge >= 0.3 is 5.97 Å². The number of benzene rings is 2. The maximum absolute atomic E-state index is 12.5. The number of allylic oxidation sites excluding steroid dienone is 1. The molecule has 1 heterocycles. The number of aryl methyl sites for hydroxylation is 1. The van der Waals surface area contributed by atoms with Crippen molar-refractivity contribution in [1.82, 2.24) is 4.90 Å². The van der Waals surface area contributed by atoms with Gasteiger partial charge in [0.05, 0.1) is 19.3 Å². The topological polar surface area (TPSA) is 38.8 Å². The lowest BCUT2D eigenvalue weighted by molar-refractivity contribution is 0.0600. The zero-order valence-corrected chi connectivity index (χ0v) is 29.0. The fourth-order valence-corrected chi connectivity index (χ4v) is 8.39. The number of hydrogen-bond acceptors (Lipinski definition) is 4. The molecule has 0 spiro atoms. The number of esters is 1. The number of rotatable bonds is 11. The Balaban J connectivity index is 1.40. The smallest absolute Gasteiger partial charge is 0.337 e. The van der Waals surface area contributed by atoms with Crippen LogP contribution in [-0.2, 0) is 22.0 Å². The highest BCUT2D eigenvalue weighted by atomic mass is 28.4. The summed E-state index contributed by atoms with van der Waals surface area (Å²) in [6, 6.07) is 15.5. The highest BCUT2D eigenvalue weighted by molar-refractivity contribution is 6.74. The molecule has 4 nitrogen and oxygen atoms in total. The average Bonchev–Trinajstić information content (AvgIpc) is 3.37. The molecule has 0 amide bonds. The Kier molecular flexibility index (Phi) is 10.5. The van der Waals surface area contributed by atoms with Crippen molar-refractivity contribution < 1.29 is 18.3 Å². The van der Waals surface area contributed by atoms with E-state index >= 15 is 0 Å². The average molecular weight is 620 g/mol. The van der Waals surface area contributed by atoms with Gasteiger partial charge in [-0.2, -0.15) is 0 Å². The van der Waals surface area contributed by atoms with E-state index < -0.39 is 8.32 Å². The van der Waals surface area contributed by atoms with Crippen LogP contribution < -0.4 is 0 Å². The minimum Gasteiger partial charge on any atom is -0.465 e. The number of ether oxygens (including phenoxy) is 1. The molecule has 2 fully saturated rings. The number of carbonyl (C=O) groups is 1. The number of hydrogen-bond donors (Lipinski definition) is 0. The minimum absolute atomic E-state index is 0.222. The molecule has 5 rings (SSSR count). The first-order chi connectivity index (χ1) is 21.0. The zero-order valence-electron chi connectivity index (χ0n) is 28.0. The Morgan fingerprint density at radius 3 is 2.45 bits per heavy atom. The van der Waals surface area contributed by atoms with Crippen LogP contribution >= 0.6 is 0 Å². The van der Waals surface area contributed by atoms with Crippen molar-refractivity contribution >= 4 is 19.9 Å². The predicted molar refractivity (Wildman–Crippen MR) is 181 cm³/mol. The second-order valence-corrected chi connectivity index (χ2v) is 19.9. The molecule has 2 unspecified atom stereocenters. The molecule has 0 bridgehead atoms. The SMILES string of the molecule is COC(=O)c1ccc2c(c1)CCCC(C1CCC(CO[Si](C)(C)C(C)(C)C)C1)=C2c1ccc(CC2CN(CCCF)C2)cc1. The molecule has 2 atom stereocenters. The Labute approximate surface area is 266 Å². The highest BCUT2D eigenvalue weighted by Crippen LogP contribution is 2.46. The van der Waals surface area contributed by atoms with Gasteiger partial charge in [0.25, 0.3) is 0 Å². The maximum Gasteiger partial charge on any atom is 0.337 e. The van der Waals surface area contributed by atoms with Crippen LogP contribution in [0.5, 0.6) is 0 Å². The molecular formula is C38H54FNO3Si. The van der Waals surface area contributed by atoms with E-state index in [1.54, 1.807) is 5.57 Å². The molecular weight excluding hydrogens is 566 g/mol. The lowest BCUT2D eigenvalue weighted by atomic mass is 9.83. The minimum atomic E-state index is -1.77. The summed E-state index contributed by atoms with van der Waals surface area (Å²) in [4.78, 5) is 14.8. The van der Waals surface area contributed by atoms with Gasteiger partial charge in [0.15, 0.2) is 8.32 Å². The Morgan fingerprint density at radius 1 is 1.02 bits per heavy atom. The molecule has 0 N–H and O–H groups in total. The second-order valence-electron chi connectivity index (χ2n) is 15.1.